The minimum atomic E-state index is -2.65. The van der Waals surface area contributed by atoms with Gasteiger partial charge in [-0.15, -0.1) is 0 Å². The van der Waals surface area contributed by atoms with Crippen molar-refractivity contribution >= 4 is 22.2 Å². The summed E-state index contributed by atoms with van der Waals surface area (Å²) in [6, 6.07) is 1.12. The molecule has 0 atom stereocenters. The third-order valence-corrected chi connectivity index (χ3v) is 1.96. The van der Waals surface area contributed by atoms with Crippen LogP contribution in [0.2, 0.25) is 0 Å². The Morgan fingerprint density at radius 2 is 2.25 bits per heavy atom. The van der Waals surface area contributed by atoms with Crippen molar-refractivity contribution in [1.29, 1.82) is 0 Å². The first-order valence-electron chi connectivity index (χ1n) is 3.04. The lowest BCUT2D eigenvalue weighted by atomic mass is 10.2. The van der Waals surface area contributed by atoms with Crippen LogP contribution in [0.5, 0.6) is 0 Å². The number of carbonyl (C=O) groups is 1. The zero-order valence-corrected chi connectivity index (χ0v) is 7.38. The molecule has 1 aromatic rings. The summed E-state index contributed by atoms with van der Waals surface area (Å²) >= 11 is 2.90. The minimum absolute atomic E-state index is 0.0903. The van der Waals surface area contributed by atoms with Gasteiger partial charge in [-0.1, -0.05) is 0 Å². The maximum Gasteiger partial charge on any atom is 0.264 e. The molecule has 0 amide bonds. The maximum absolute atomic E-state index is 12.2. The predicted molar refractivity (Wildman–Crippen MR) is 42.3 cm³/mol. The summed E-state index contributed by atoms with van der Waals surface area (Å²) in [7, 11) is 0. The third-order valence-electron chi connectivity index (χ3n) is 1.33. The SMILES string of the molecule is O=Cc1c(C(F)F)ccnc1Br. The van der Waals surface area contributed by atoms with E-state index in [1.54, 1.807) is 0 Å². The number of aldehydes is 1. The van der Waals surface area contributed by atoms with E-state index in [1.807, 2.05) is 0 Å². The molecular formula is C7H4BrF2NO. The summed E-state index contributed by atoms with van der Waals surface area (Å²) in [6.07, 6.45) is -1.07. The second kappa shape index (κ2) is 3.71. The molecule has 0 fully saturated rings. The van der Waals surface area contributed by atoms with Crippen molar-refractivity contribution in [2.45, 2.75) is 6.43 Å². The molecule has 64 valence electrons. The Hall–Kier alpha value is -0.840. The van der Waals surface area contributed by atoms with Gasteiger partial charge in [-0.05, 0) is 22.0 Å². The van der Waals surface area contributed by atoms with Crippen LogP contribution in [0.4, 0.5) is 8.78 Å². The fourth-order valence-corrected chi connectivity index (χ4v) is 1.21. The van der Waals surface area contributed by atoms with Gasteiger partial charge in [0.15, 0.2) is 6.29 Å². The number of hydrogen-bond acceptors (Lipinski definition) is 2. The zero-order chi connectivity index (χ0) is 9.14. The van der Waals surface area contributed by atoms with Crippen LogP contribution >= 0.6 is 15.9 Å². The lowest BCUT2D eigenvalue weighted by molar-refractivity contribution is 0.110. The number of aromatic nitrogens is 1. The summed E-state index contributed by atoms with van der Waals surface area (Å²) in [4.78, 5) is 14.0. The minimum Gasteiger partial charge on any atom is -0.298 e. The average Bonchev–Trinajstić information content (AvgIpc) is 2.03. The molecule has 2 nitrogen and oxygen atoms in total. The van der Waals surface area contributed by atoms with Crippen LogP contribution in [0.3, 0.4) is 0 Å². The van der Waals surface area contributed by atoms with Gasteiger partial charge in [-0.2, -0.15) is 0 Å². The van der Waals surface area contributed by atoms with Gasteiger partial charge in [0.05, 0.1) is 5.56 Å². The average molecular weight is 236 g/mol. The van der Waals surface area contributed by atoms with Crippen LogP contribution in [0, 0.1) is 0 Å². The summed E-state index contributed by atoms with van der Waals surface area (Å²) in [5.74, 6) is 0. The Morgan fingerprint density at radius 3 is 2.67 bits per heavy atom. The quantitative estimate of drug-likeness (QED) is 0.583. The highest BCUT2D eigenvalue weighted by Gasteiger charge is 2.14. The molecule has 0 bridgehead atoms. The molecule has 0 spiro atoms. The van der Waals surface area contributed by atoms with Gasteiger partial charge in [-0.25, -0.2) is 13.8 Å². The molecule has 0 aliphatic heterocycles. The molecule has 0 aliphatic rings. The van der Waals surface area contributed by atoms with Crippen LogP contribution in [0.15, 0.2) is 16.9 Å². The van der Waals surface area contributed by atoms with Crippen molar-refractivity contribution in [2.75, 3.05) is 0 Å². The number of alkyl halides is 2. The van der Waals surface area contributed by atoms with E-state index in [4.69, 9.17) is 0 Å². The normalized spacial score (nSPS) is 10.3. The van der Waals surface area contributed by atoms with Crippen molar-refractivity contribution < 1.29 is 13.6 Å². The van der Waals surface area contributed by atoms with Gasteiger partial charge in [0.2, 0.25) is 0 Å². The van der Waals surface area contributed by atoms with E-state index in [9.17, 15) is 13.6 Å². The number of halogens is 3. The topological polar surface area (TPSA) is 30.0 Å². The van der Waals surface area contributed by atoms with Crippen LogP contribution in [-0.4, -0.2) is 11.3 Å². The molecule has 0 saturated heterocycles. The highest BCUT2D eigenvalue weighted by atomic mass is 79.9. The fraction of sp³-hybridized carbons (Fsp3) is 0.143. The van der Waals surface area contributed by atoms with Crippen molar-refractivity contribution in [3.63, 3.8) is 0 Å². The van der Waals surface area contributed by atoms with Crippen LogP contribution < -0.4 is 0 Å². The van der Waals surface area contributed by atoms with Gasteiger partial charge in [0.1, 0.15) is 4.60 Å². The summed E-state index contributed by atoms with van der Waals surface area (Å²) in [5.41, 5.74) is -0.389. The monoisotopic (exact) mass is 235 g/mol. The predicted octanol–water partition coefficient (Wildman–Crippen LogP) is 2.59. The largest absolute Gasteiger partial charge is 0.298 e. The number of carbonyl (C=O) groups excluding carboxylic acids is 1. The molecule has 0 saturated carbocycles. The number of nitrogens with zero attached hydrogens (tertiary/aromatic N) is 1. The van der Waals surface area contributed by atoms with Crippen molar-refractivity contribution in [3.8, 4) is 0 Å². The first kappa shape index (κ1) is 9.25. The van der Waals surface area contributed by atoms with E-state index in [-0.39, 0.29) is 15.7 Å². The van der Waals surface area contributed by atoms with Gasteiger partial charge < -0.3 is 0 Å². The van der Waals surface area contributed by atoms with Crippen LogP contribution in [0.1, 0.15) is 22.3 Å². The highest BCUT2D eigenvalue weighted by Crippen LogP contribution is 2.25. The molecular weight excluding hydrogens is 232 g/mol. The maximum atomic E-state index is 12.2. The second-order valence-corrected chi connectivity index (χ2v) is 2.77. The smallest absolute Gasteiger partial charge is 0.264 e. The molecule has 12 heavy (non-hydrogen) atoms. The standard InChI is InChI=1S/C7H4BrF2NO/c8-6-5(3-12)4(7(9)10)1-2-11-6/h1-3,7H. The number of rotatable bonds is 2. The van der Waals surface area contributed by atoms with E-state index in [1.165, 1.54) is 6.20 Å². The van der Waals surface area contributed by atoms with E-state index in [0.717, 1.165) is 6.07 Å². The van der Waals surface area contributed by atoms with E-state index in [0.29, 0.717) is 6.29 Å². The van der Waals surface area contributed by atoms with Gasteiger partial charge in [-0.3, -0.25) is 4.79 Å². The Morgan fingerprint density at radius 1 is 1.58 bits per heavy atom. The second-order valence-electron chi connectivity index (χ2n) is 2.02. The Kier molecular flexibility index (Phi) is 2.86. The lowest BCUT2D eigenvalue weighted by Crippen LogP contribution is -1.95. The Bertz CT molecular complexity index is 303. The zero-order valence-electron chi connectivity index (χ0n) is 5.80. The molecule has 1 heterocycles. The molecule has 0 aliphatic carbocycles. The first-order valence-corrected chi connectivity index (χ1v) is 3.84. The summed E-state index contributed by atoms with van der Waals surface area (Å²) in [5, 5.41) is 0. The summed E-state index contributed by atoms with van der Waals surface area (Å²) < 4.78 is 24.5. The molecule has 0 aromatic carbocycles. The van der Waals surface area contributed by atoms with Crippen molar-refractivity contribution in [3.05, 3.63) is 28.0 Å². The molecule has 1 aromatic heterocycles. The van der Waals surface area contributed by atoms with Crippen molar-refractivity contribution in [2.24, 2.45) is 0 Å². The fourth-order valence-electron chi connectivity index (χ4n) is 0.768. The van der Waals surface area contributed by atoms with E-state index in [2.05, 4.69) is 20.9 Å². The summed E-state index contributed by atoms with van der Waals surface area (Å²) in [6.45, 7) is 0. The van der Waals surface area contributed by atoms with Gasteiger partial charge in [0, 0.05) is 11.8 Å². The highest BCUT2D eigenvalue weighted by molar-refractivity contribution is 9.10. The van der Waals surface area contributed by atoms with E-state index < -0.39 is 6.43 Å². The van der Waals surface area contributed by atoms with E-state index >= 15 is 0 Å². The van der Waals surface area contributed by atoms with Crippen LogP contribution in [0.25, 0.3) is 0 Å². The molecule has 5 heteroatoms. The van der Waals surface area contributed by atoms with Crippen LogP contribution in [-0.2, 0) is 0 Å². The first-order chi connectivity index (χ1) is 5.66. The molecule has 0 unspecified atom stereocenters. The lowest BCUT2D eigenvalue weighted by Gasteiger charge is -2.02. The van der Waals surface area contributed by atoms with Gasteiger partial charge in [0.25, 0.3) is 6.43 Å². The molecule has 0 radical (unpaired) electrons. The van der Waals surface area contributed by atoms with Gasteiger partial charge >= 0.3 is 0 Å². The Balaban J connectivity index is 3.27. The number of hydrogen-bond donors (Lipinski definition) is 0. The molecule has 1 rings (SSSR count). The van der Waals surface area contributed by atoms with Crippen molar-refractivity contribution in [1.82, 2.24) is 4.98 Å². The Labute approximate surface area is 75.7 Å². The number of pyridine rings is 1. The molecule has 0 N–H and O–H groups in total. The third kappa shape index (κ3) is 1.66.